The molecule has 3 nitrogen and oxygen atoms in total. The average Bonchev–Trinajstić information content (AvgIpc) is 3.14. The predicted octanol–water partition coefficient (Wildman–Crippen LogP) is 3.46. The Morgan fingerprint density at radius 1 is 1.05 bits per heavy atom. The lowest BCUT2D eigenvalue weighted by Crippen LogP contribution is -2.38. The molecule has 0 aliphatic carbocycles. The van der Waals surface area contributed by atoms with Gasteiger partial charge in [-0.25, -0.2) is 0 Å². The van der Waals surface area contributed by atoms with Crippen molar-refractivity contribution in [2.45, 2.75) is 25.0 Å². The molecule has 4 rings (SSSR count). The van der Waals surface area contributed by atoms with Crippen molar-refractivity contribution in [2.75, 3.05) is 11.6 Å². The van der Waals surface area contributed by atoms with Crippen molar-refractivity contribution in [1.82, 2.24) is 0 Å². The SMILES string of the molecule is C[C@@]1([C@H]2CC(c3ccccc3)=NN2c2ccccc2)CO1. The highest BCUT2D eigenvalue weighted by molar-refractivity contribution is 6.03. The lowest BCUT2D eigenvalue weighted by Gasteiger charge is -2.26. The Hall–Kier alpha value is -2.13. The summed E-state index contributed by atoms with van der Waals surface area (Å²) in [6, 6.07) is 21.0. The van der Waals surface area contributed by atoms with Crippen LogP contribution in [0, 0.1) is 0 Å². The van der Waals surface area contributed by atoms with Crippen molar-refractivity contribution in [3.63, 3.8) is 0 Å². The first-order valence-corrected chi connectivity index (χ1v) is 7.37. The standard InChI is InChI=1S/C18H18N2O/c1-18(13-21-18)17-12-16(14-8-4-2-5-9-14)19-20(17)15-10-6-3-7-11-15/h2-11,17H,12-13H2,1H3/t17-,18+/m1/s1. The second kappa shape index (κ2) is 4.71. The van der Waals surface area contributed by atoms with Crippen LogP contribution in [0.4, 0.5) is 5.69 Å². The van der Waals surface area contributed by atoms with Crippen molar-refractivity contribution < 1.29 is 4.74 Å². The Bertz CT molecular complexity index is 662. The van der Waals surface area contributed by atoms with Crippen LogP contribution in [0.25, 0.3) is 0 Å². The lowest BCUT2D eigenvalue weighted by atomic mass is 9.95. The number of rotatable bonds is 3. The molecule has 0 unspecified atom stereocenters. The van der Waals surface area contributed by atoms with Crippen LogP contribution < -0.4 is 5.01 Å². The van der Waals surface area contributed by atoms with Crippen molar-refractivity contribution in [3.8, 4) is 0 Å². The van der Waals surface area contributed by atoms with Crippen molar-refractivity contribution in [1.29, 1.82) is 0 Å². The number of ether oxygens (including phenoxy) is 1. The average molecular weight is 278 g/mol. The molecule has 2 heterocycles. The molecule has 2 aliphatic rings. The van der Waals surface area contributed by atoms with E-state index in [1.165, 1.54) is 5.56 Å². The number of epoxide rings is 1. The zero-order valence-electron chi connectivity index (χ0n) is 12.1. The predicted molar refractivity (Wildman–Crippen MR) is 84.7 cm³/mol. The van der Waals surface area contributed by atoms with Crippen LogP contribution >= 0.6 is 0 Å². The fraction of sp³-hybridized carbons (Fsp3) is 0.278. The van der Waals surface area contributed by atoms with E-state index in [1.54, 1.807) is 0 Å². The third-order valence-electron chi connectivity index (χ3n) is 4.34. The monoisotopic (exact) mass is 278 g/mol. The fourth-order valence-corrected chi connectivity index (χ4v) is 2.92. The number of nitrogens with zero attached hydrogens (tertiary/aromatic N) is 2. The van der Waals surface area contributed by atoms with Crippen LogP contribution in [0.15, 0.2) is 65.8 Å². The van der Waals surface area contributed by atoms with E-state index in [1.807, 2.05) is 12.1 Å². The number of anilines is 1. The minimum absolute atomic E-state index is 0.0735. The Balaban J connectivity index is 1.72. The summed E-state index contributed by atoms with van der Waals surface area (Å²) in [5, 5.41) is 7.02. The highest BCUT2D eigenvalue weighted by atomic mass is 16.6. The normalized spacial score (nSPS) is 27.6. The van der Waals surface area contributed by atoms with Gasteiger partial charge in [-0.3, -0.25) is 5.01 Å². The zero-order chi connectivity index (χ0) is 14.3. The highest BCUT2D eigenvalue weighted by Crippen LogP contribution is 2.40. The Morgan fingerprint density at radius 3 is 2.29 bits per heavy atom. The Morgan fingerprint density at radius 2 is 1.67 bits per heavy atom. The molecule has 1 fully saturated rings. The van der Waals surface area contributed by atoms with E-state index in [2.05, 4.69) is 60.5 Å². The van der Waals surface area contributed by atoms with E-state index in [9.17, 15) is 0 Å². The van der Waals surface area contributed by atoms with Crippen LogP contribution in [0.1, 0.15) is 18.9 Å². The largest absolute Gasteiger partial charge is 0.368 e. The van der Waals surface area contributed by atoms with Gasteiger partial charge in [0.15, 0.2) is 0 Å². The molecule has 2 aliphatic heterocycles. The van der Waals surface area contributed by atoms with E-state index in [0.29, 0.717) is 0 Å². The summed E-state index contributed by atoms with van der Waals surface area (Å²) < 4.78 is 5.70. The molecule has 3 heteroatoms. The first kappa shape index (κ1) is 12.6. The number of hydrogen-bond acceptors (Lipinski definition) is 3. The van der Waals surface area contributed by atoms with E-state index in [-0.39, 0.29) is 11.6 Å². The van der Waals surface area contributed by atoms with E-state index < -0.39 is 0 Å². The molecular weight excluding hydrogens is 260 g/mol. The molecular formula is C18H18N2O. The summed E-state index contributed by atoms with van der Waals surface area (Å²) in [6.45, 7) is 3.00. The van der Waals surface area contributed by atoms with E-state index in [4.69, 9.17) is 9.84 Å². The van der Waals surface area contributed by atoms with Gasteiger partial charge in [0.05, 0.1) is 24.0 Å². The molecule has 2 aromatic rings. The molecule has 0 saturated carbocycles. The minimum atomic E-state index is -0.0735. The number of benzene rings is 2. The fourth-order valence-electron chi connectivity index (χ4n) is 2.92. The summed E-state index contributed by atoms with van der Waals surface area (Å²) in [6.07, 6.45) is 0.926. The van der Waals surface area contributed by atoms with Gasteiger partial charge in [0, 0.05) is 6.42 Å². The maximum atomic E-state index is 5.70. The first-order valence-electron chi connectivity index (χ1n) is 7.37. The third kappa shape index (κ3) is 2.24. The molecule has 0 radical (unpaired) electrons. The van der Waals surface area contributed by atoms with Crippen LogP contribution in [0.2, 0.25) is 0 Å². The van der Waals surface area contributed by atoms with Gasteiger partial charge in [-0.1, -0.05) is 48.5 Å². The maximum Gasteiger partial charge on any atom is 0.111 e. The van der Waals surface area contributed by atoms with Crippen molar-refractivity contribution in [2.24, 2.45) is 5.10 Å². The summed E-state index contributed by atoms with van der Waals surface area (Å²) in [4.78, 5) is 0. The lowest BCUT2D eigenvalue weighted by molar-refractivity contribution is 0.282. The van der Waals surface area contributed by atoms with Gasteiger partial charge < -0.3 is 4.74 Å². The zero-order valence-corrected chi connectivity index (χ0v) is 12.1. The first-order chi connectivity index (χ1) is 10.3. The second-order valence-corrected chi connectivity index (χ2v) is 5.91. The Kier molecular flexibility index (Phi) is 2.82. The Labute approximate surface area is 124 Å². The molecule has 0 N–H and O–H groups in total. The summed E-state index contributed by atoms with van der Waals surface area (Å²) in [5.41, 5.74) is 3.40. The molecule has 2 atom stereocenters. The smallest absolute Gasteiger partial charge is 0.111 e. The third-order valence-corrected chi connectivity index (χ3v) is 4.34. The van der Waals surface area contributed by atoms with Gasteiger partial charge in [0.25, 0.3) is 0 Å². The van der Waals surface area contributed by atoms with Gasteiger partial charge in [0.2, 0.25) is 0 Å². The highest BCUT2D eigenvalue weighted by Gasteiger charge is 2.52. The topological polar surface area (TPSA) is 28.1 Å². The van der Waals surface area contributed by atoms with Crippen LogP contribution in [-0.4, -0.2) is 24.0 Å². The van der Waals surface area contributed by atoms with Crippen LogP contribution in [0.3, 0.4) is 0 Å². The van der Waals surface area contributed by atoms with Crippen molar-refractivity contribution >= 4 is 11.4 Å². The minimum Gasteiger partial charge on any atom is -0.368 e. The molecule has 21 heavy (non-hydrogen) atoms. The molecule has 106 valence electrons. The van der Waals surface area contributed by atoms with Gasteiger partial charge >= 0.3 is 0 Å². The van der Waals surface area contributed by atoms with Crippen LogP contribution in [0.5, 0.6) is 0 Å². The van der Waals surface area contributed by atoms with E-state index in [0.717, 1.165) is 24.4 Å². The summed E-state index contributed by atoms with van der Waals surface area (Å²) in [5.74, 6) is 0. The molecule has 0 bridgehead atoms. The summed E-state index contributed by atoms with van der Waals surface area (Å²) in [7, 11) is 0. The molecule has 0 aromatic heterocycles. The van der Waals surface area contributed by atoms with Crippen LogP contribution in [-0.2, 0) is 4.74 Å². The number of hydrazone groups is 1. The molecule has 0 spiro atoms. The van der Waals surface area contributed by atoms with E-state index >= 15 is 0 Å². The van der Waals surface area contributed by atoms with Gasteiger partial charge in [0.1, 0.15) is 5.60 Å². The summed E-state index contributed by atoms with van der Waals surface area (Å²) >= 11 is 0. The van der Waals surface area contributed by atoms with Gasteiger partial charge in [-0.05, 0) is 24.6 Å². The molecule has 0 amide bonds. The second-order valence-electron chi connectivity index (χ2n) is 5.91. The quantitative estimate of drug-likeness (QED) is 0.804. The van der Waals surface area contributed by atoms with Crippen molar-refractivity contribution in [3.05, 3.63) is 66.2 Å². The van der Waals surface area contributed by atoms with Gasteiger partial charge in [-0.15, -0.1) is 0 Å². The number of para-hydroxylation sites is 1. The van der Waals surface area contributed by atoms with Gasteiger partial charge in [-0.2, -0.15) is 5.10 Å². The molecule has 2 aromatic carbocycles. The number of hydrogen-bond donors (Lipinski definition) is 0. The molecule has 1 saturated heterocycles. The maximum absolute atomic E-state index is 5.70.